The molecule has 82 valence electrons. The molecule has 1 aromatic heterocycles. The Morgan fingerprint density at radius 3 is 2.60 bits per heavy atom. The van der Waals surface area contributed by atoms with Gasteiger partial charge >= 0.3 is 5.97 Å². The first-order valence-electron chi connectivity index (χ1n) is 4.83. The lowest BCUT2D eigenvalue weighted by molar-refractivity contribution is 0.0523. The maximum Gasteiger partial charge on any atom is 0.343 e. The number of carbonyl (C=O) groups excluding carboxylic acids is 1. The van der Waals surface area contributed by atoms with E-state index in [1.165, 1.54) is 6.07 Å². The topological polar surface area (TPSA) is 48.3 Å². The van der Waals surface area contributed by atoms with Crippen molar-refractivity contribution in [3.8, 4) is 0 Å². The zero-order chi connectivity index (χ0) is 11.6. The highest BCUT2D eigenvalue weighted by molar-refractivity contribution is 5.90. The largest absolute Gasteiger partial charge is 0.462 e. The Morgan fingerprint density at radius 2 is 2.07 bits per heavy atom. The summed E-state index contributed by atoms with van der Waals surface area (Å²) in [6, 6.07) is 1.44. The first-order chi connectivity index (χ1) is 6.99. The molecular formula is C11H15NO3. The Labute approximate surface area is 88.5 Å². The molecule has 0 bridgehead atoms. The van der Waals surface area contributed by atoms with Gasteiger partial charge in [-0.2, -0.15) is 0 Å². The van der Waals surface area contributed by atoms with Crippen LogP contribution in [0.3, 0.4) is 0 Å². The highest BCUT2D eigenvalue weighted by atomic mass is 16.5. The zero-order valence-corrected chi connectivity index (χ0v) is 9.46. The third-order valence-corrected chi connectivity index (χ3v) is 2.46. The lowest BCUT2D eigenvalue weighted by Gasteiger charge is -2.11. The summed E-state index contributed by atoms with van der Waals surface area (Å²) in [5.41, 5.74) is 1.32. The monoisotopic (exact) mass is 209 g/mol. The molecule has 0 aliphatic heterocycles. The number of hydrogen-bond donors (Lipinski definition) is 0. The minimum absolute atomic E-state index is 0.130. The van der Waals surface area contributed by atoms with Gasteiger partial charge in [-0.25, -0.2) is 4.79 Å². The first-order valence-corrected chi connectivity index (χ1v) is 4.83. The van der Waals surface area contributed by atoms with Crippen molar-refractivity contribution in [1.29, 1.82) is 0 Å². The summed E-state index contributed by atoms with van der Waals surface area (Å²) in [6.07, 6.45) is 0. The molecule has 15 heavy (non-hydrogen) atoms. The number of aryl methyl sites for hydroxylation is 1. The Balaban J connectivity index is 3.36. The van der Waals surface area contributed by atoms with Crippen molar-refractivity contribution in [3.63, 3.8) is 0 Å². The van der Waals surface area contributed by atoms with Gasteiger partial charge in [0.15, 0.2) is 5.43 Å². The van der Waals surface area contributed by atoms with E-state index in [2.05, 4.69) is 0 Å². The molecule has 0 radical (unpaired) electrons. The van der Waals surface area contributed by atoms with Crippen LogP contribution < -0.4 is 5.43 Å². The van der Waals surface area contributed by atoms with Crippen molar-refractivity contribution < 1.29 is 9.53 Å². The van der Waals surface area contributed by atoms with E-state index in [0.717, 1.165) is 5.69 Å². The molecule has 0 unspecified atom stereocenters. The van der Waals surface area contributed by atoms with E-state index in [1.54, 1.807) is 18.4 Å². The molecule has 0 aromatic carbocycles. The van der Waals surface area contributed by atoms with Gasteiger partial charge in [-0.1, -0.05) is 0 Å². The van der Waals surface area contributed by atoms with Gasteiger partial charge in [0.1, 0.15) is 5.56 Å². The van der Waals surface area contributed by atoms with E-state index >= 15 is 0 Å². The number of ether oxygens (including phenoxy) is 1. The normalized spacial score (nSPS) is 10.1. The van der Waals surface area contributed by atoms with E-state index in [-0.39, 0.29) is 17.6 Å². The molecule has 1 heterocycles. The summed E-state index contributed by atoms with van der Waals surface area (Å²) < 4.78 is 6.63. The van der Waals surface area contributed by atoms with E-state index in [4.69, 9.17) is 4.74 Å². The van der Waals surface area contributed by atoms with Crippen LogP contribution in [0.1, 0.15) is 28.7 Å². The zero-order valence-electron chi connectivity index (χ0n) is 9.46. The molecule has 4 heteroatoms. The van der Waals surface area contributed by atoms with Crippen LogP contribution in [0, 0.1) is 13.8 Å². The Hall–Kier alpha value is -1.58. The van der Waals surface area contributed by atoms with E-state index < -0.39 is 5.97 Å². The molecule has 0 saturated carbocycles. The van der Waals surface area contributed by atoms with Crippen LogP contribution in [0.5, 0.6) is 0 Å². The molecule has 0 aliphatic carbocycles. The molecule has 4 nitrogen and oxygen atoms in total. The molecule has 0 saturated heterocycles. The smallest absolute Gasteiger partial charge is 0.343 e. The fraction of sp³-hybridized carbons (Fsp3) is 0.455. The molecule has 0 atom stereocenters. The van der Waals surface area contributed by atoms with Crippen LogP contribution in [0.2, 0.25) is 0 Å². The molecule has 1 rings (SSSR count). The second-order valence-corrected chi connectivity index (χ2v) is 3.39. The predicted molar refractivity (Wildman–Crippen MR) is 57.1 cm³/mol. The molecule has 0 spiro atoms. The number of esters is 1. The Morgan fingerprint density at radius 1 is 1.47 bits per heavy atom. The molecule has 1 aromatic rings. The van der Waals surface area contributed by atoms with Crippen molar-refractivity contribution in [2.75, 3.05) is 6.61 Å². The number of rotatable bonds is 2. The van der Waals surface area contributed by atoms with Crippen LogP contribution in [-0.4, -0.2) is 17.1 Å². The van der Waals surface area contributed by atoms with Gasteiger partial charge in [-0.15, -0.1) is 0 Å². The van der Waals surface area contributed by atoms with E-state index in [1.807, 2.05) is 14.0 Å². The van der Waals surface area contributed by atoms with Gasteiger partial charge in [0.05, 0.1) is 6.61 Å². The second-order valence-electron chi connectivity index (χ2n) is 3.39. The van der Waals surface area contributed by atoms with Crippen LogP contribution in [-0.2, 0) is 11.8 Å². The summed E-state index contributed by atoms with van der Waals surface area (Å²) in [5.74, 6) is -0.546. The van der Waals surface area contributed by atoms with Gasteiger partial charge in [0.25, 0.3) is 0 Å². The average molecular weight is 209 g/mol. The van der Waals surface area contributed by atoms with Crippen LogP contribution in [0.4, 0.5) is 0 Å². The van der Waals surface area contributed by atoms with Crippen molar-refractivity contribution in [2.45, 2.75) is 20.8 Å². The summed E-state index contributed by atoms with van der Waals surface area (Å²) in [5, 5.41) is 0. The highest BCUT2D eigenvalue weighted by Crippen LogP contribution is 2.06. The van der Waals surface area contributed by atoms with Gasteiger partial charge in [0.2, 0.25) is 0 Å². The summed E-state index contributed by atoms with van der Waals surface area (Å²) >= 11 is 0. The number of nitrogens with zero attached hydrogens (tertiary/aromatic N) is 1. The fourth-order valence-electron chi connectivity index (χ4n) is 1.42. The minimum atomic E-state index is -0.546. The lowest BCUT2D eigenvalue weighted by Crippen LogP contribution is -2.23. The minimum Gasteiger partial charge on any atom is -0.462 e. The number of aromatic nitrogens is 1. The van der Waals surface area contributed by atoms with Gasteiger partial charge in [-0.05, 0) is 20.8 Å². The molecule has 0 N–H and O–H groups in total. The summed E-state index contributed by atoms with van der Waals surface area (Å²) in [4.78, 5) is 23.1. The van der Waals surface area contributed by atoms with Crippen LogP contribution >= 0.6 is 0 Å². The Bertz CT molecular complexity index is 446. The highest BCUT2D eigenvalue weighted by Gasteiger charge is 2.16. The second kappa shape index (κ2) is 4.29. The summed E-state index contributed by atoms with van der Waals surface area (Å²) in [6.45, 7) is 5.55. The number of pyridine rings is 1. The maximum atomic E-state index is 11.6. The van der Waals surface area contributed by atoms with Gasteiger partial charge in [0, 0.05) is 24.5 Å². The number of hydrogen-bond acceptors (Lipinski definition) is 3. The Kier molecular flexibility index (Phi) is 3.29. The van der Waals surface area contributed by atoms with Crippen LogP contribution in [0.15, 0.2) is 10.9 Å². The van der Waals surface area contributed by atoms with Gasteiger partial charge < -0.3 is 9.30 Å². The van der Waals surface area contributed by atoms with Gasteiger partial charge in [-0.3, -0.25) is 4.79 Å². The van der Waals surface area contributed by atoms with Crippen molar-refractivity contribution in [3.05, 3.63) is 33.2 Å². The molecular weight excluding hydrogens is 194 g/mol. The maximum absolute atomic E-state index is 11.6. The third-order valence-electron chi connectivity index (χ3n) is 2.46. The fourth-order valence-corrected chi connectivity index (χ4v) is 1.42. The quantitative estimate of drug-likeness (QED) is 0.687. The third kappa shape index (κ3) is 2.09. The van der Waals surface area contributed by atoms with E-state index in [9.17, 15) is 9.59 Å². The van der Waals surface area contributed by atoms with Crippen molar-refractivity contribution >= 4 is 5.97 Å². The van der Waals surface area contributed by atoms with Crippen LogP contribution in [0.25, 0.3) is 0 Å². The summed E-state index contributed by atoms with van der Waals surface area (Å²) in [7, 11) is 1.81. The standard InChI is InChI=1S/C11H15NO3/c1-5-15-11(14)10-8(3)12(4)7(2)6-9(10)13/h6H,5H2,1-4H3. The molecule has 0 amide bonds. The molecule has 0 aliphatic rings. The molecule has 0 fully saturated rings. The predicted octanol–water partition coefficient (Wildman–Crippen LogP) is 1.18. The SMILES string of the molecule is CCOC(=O)c1c(C)n(C)c(C)cc1=O. The first kappa shape index (κ1) is 11.5. The number of carbonyl (C=O) groups is 1. The van der Waals surface area contributed by atoms with Crippen molar-refractivity contribution in [1.82, 2.24) is 4.57 Å². The van der Waals surface area contributed by atoms with Crippen molar-refractivity contribution in [2.24, 2.45) is 7.05 Å². The lowest BCUT2D eigenvalue weighted by atomic mass is 10.1. The van der Waals surface area contributed by atoms with E-state index in [0.29, 0.717) is 5.69 Å². The average Bonchev–Trinajstić information content (AvgIpc) is 2.15.